The molecule has 0 aliphatic heterocycles. The molecule has 4 nitrogen and oxygen atoms in total. The van der Waals surface area contributed by atoms with E-state index >= 15 is 0 Å². The summed E-state index contributed by atoms with van der Waals surface area (Å²) < 4.78 is 7.84. The smallest absolute Gasteiger partial charge is 0.201 e. The zero-order valence-electron chi connectivity index (χ0n) is 12.1. The third-order valence-corrected chi connectivity index (χ3v) is 5.79. The highest BCUT2D eigenvalue weighted by molar-refractivity contribution is 8.00. The van der Waals surface area contributed by atoms with Crippen LogP contribution in [-0.2, 0) is 6.54 Å². The topological polar surface area (TPSA) is 53.1 Å². The second-order valence-electron chi connectivity index (χ2n) is 5.48. The Balaban J connectivity index is 2.05. The SMILES string of the molecule is COc1cccc2c1nc(N)n2CC1(SC)CCCC1. The molecule has 108 valence electrons. The second-order valence-corrected chi connectivity index (χ2v) is 6.75. The fourth-order valence-electron chi connectivity index (χ4n) is 3.20. The Bertz CT molecular complexity index is 617. The van der Waals surface area contributed by atoms with E-state index in [2.05, 4.69) is 21.9 Å². The Kier molecular flexibility index (Phi) is 3.54. The number of para-hydroxylation sites is 1. The molecule has 2 aromatic rings. The number of anilines is 1. The summed E-state index contributed by atoms with van der Waals surface area (Å²) in [6.45, 7) is 0.934. The van der Waals surface area contributed by atoms with E-state index in [1.807, 2.05) is 23.9 Å². The molecule has 2 N–H and O–H groups in total. The number of fused-ring (bicyclic) bond motifs is 1. The van der Waals surface area contributed by atoms with Gasteiger partial charge in [-0.05, 0) is 31.2 Å². The molecule has 1 aromatic heterocycles. The van der Waals surface area contributed by atoms with Gasteiger partial charge in [-0.1, -0.05) is 18.9 Å². The quantitative estimate of drug-likeness (QED) is 0.939. The number of methoxy groups -OCH3 is 1. The first-order chi connectivity index (χ1) is 9.69. The molecule has 0 spiro atoms. The highest BCUT2D eigenvalue weighted by Crippen LogP contribution is 2.42. The molecular formula is C15H21N3OS. The molecule has 1 fully saturated rings. The highest BCUT2D eigenvalue weighted by Gasteiger charge is 2.34. The van der Waals surface area contributed by atoms with Gasteiger partial charge in [0.2, 0.25) is 5.95 Å². The number of hydrogen-bond donors (Lipinski definition) is 1. The Morgan fingerprint density at radius 1 is 1.40 bits per heavy atom. The number of imidazole rings is 1. The standard InChI is InChI=1S/C15H21N3OS/c1-19-12-7-5-6-11-13(12)17-14(16)18(11)10-15(20-2)8-3-4-9-15/h5-7H,3-4,8-10H2,1-2H3,(H2,16,17). The number of ether oxygens (including phenoxy) is 1. The van der Waals surface area contributed by atoms with Crippen LogP contribution in [0.5, 0.6) is 5.75 Å². The van der Waals surface area contributed by atoms with E-state index in [1.165, 1.54) is 25.7 Å². The summed E-state index contributed by atoms with van der Waals surface area (Å²) in [6, 6.07) is 6.00. The van der Waals surface area contributed by atoms with Crippen LogP contribution in [0.25, 0.3) is 11.0 Å². The highest BCUT2D eigenvalue weighted by atomic mass is 32.2. The predicted octanol–water partition coefficient (Wildman–Crippen LogP) is 3.30. The summed E-state index contributed by atoms with van der Waals surface area (Å²) in [4.78, 5) is 4.50. The fourth-order valence-corrected chi connectivity index (χ4v) is 4.16. The molecule has 0 amide bonds. The van der Waals surface area contributed by atoms with E-state index in [4.69, 9.17) is 10.5 Å². The van der Waals surface area contributed by atoms with Gasteiger partial charge in [0.15, 0.2) is 0 Å². The van der Waals surface area contributed by atoms with Crippen LogP contribution in [0.1, 0.15) is 25.7 Å². The van der Waals surface area contributed by atoms with Crippen molar-refractivity contribution in [3.05, 3.63) is 18.2 Å². The van der Waals surface area contributed by atoms with Crippen molar-refractivity contribution in [1.29, 1.82) is 0 Å². The number of nitrogens with two attached hydrogens (primary N) is 1. The first-order valence-corrected chi connectivity index (χ1v) is 8.25. The van der Waals surface area contributed by atoms with Crippen molar-refractivity contribution in [1.82, 2.24) is 9.55 Å². The van der Waals surface area contributed by atoms with Gasteiger partial charge in [-0.15, -0.1) is 0 Å². The molecular weight excluding hydrogens is 270 g/mol. The lowest BCUT2D eigenvalue weighted by atomic mass is 10.1. The van der Waals surface area contributed by atoms with Crippen molar-refractivity contribution in [3.63, 3.8) is 0 Å². The van der Waals surface area contributed by atoms with Crippen LogP contribution in [0, 0.1) is 0 Å². The minimum atomic E-state index is 0.310. The number of thioether (sulfide) groups is 1. The first-order valence-electron chi connectivity index (χ1n) is 7.03. The van der Waals surface area contributed by atoms with Crippen molar-refractivity contribution < 1.29 is 4.74 Å². The van der Waals surface area contributed by atoms with Crippen molar-refractivity contribution >= 4 is 28.7 Å². The summed E-state index contributed by atoms with van der Waals surface area (Å²) >= 11 is 1.97. The Hall–Kier alpha value is -1.36. The maximum atomic E-state index is 6.16. The molecule has 20 heavy (non-hydrogen) atoms. The number of benzene rings is 1. The maximum Gasteiger partial charge on any atom is 0.201 e. The summed E-state index contributed by atoms with van der Waals surface area (Å²) in [5.41, 5.74) is 8.09. The molecule has 0 bridgehead atoms. The molecule has 0 saturated heterocycles. The molecule has 1 aromatic carbocycles. The van der Waals surface area contributed by atoms with Gasteiger partial charge in [-0.2, -0.15) is 11.8 Å². The van der Waals surface area contributed by atoms with Crippen molar-refractivity contribution in [2.75, 3.05) is 19.1 Å². The van der Waals surface area contributed by atoms with Crippen LogP contribution in [-0.4, -0.2) is 27.7 Å². The van der Waals surface area contributed by atoms with Crippen molar-refractivity contribution in [2.24, 2.45) is 0 Å². The molecule has 3 rings (SSSR count). The molecule has 0 unspecified atom stereocenters. The van der Waals surface area contributed by atoms with Crippen molar-refractivity contribution in [2.45, 2.75) is 37.0 Å². The van der Waals surface area contributed by atoms with Crippen LogP contribution in [0.15, 0.2) is 18.2 Å². The van der Waals surface area contributed by atoms with Crippen LogP contribution in [0.2, 0.25) is 0 Å². The van der Waals surface area contributed by atoms with Crippen LogP contribution in [0.4, 0.5) is 5.95 Å². The second kappa shape index (κ2) is 5.20. The van der Waals surface area contributed by atoms with Gasteiger partial charge < -0.3 is 15.0 Å². The third-order valence-electron chi connectivity index (χ3n) is 4.39. The van der Waals surface area contributed by atoms with E-state index in [1.54, 1.807) is 7.11 Å². The average molecular weight is 291 g/mol. The lowest BCUT2D eigenvalue weighted by molar-refractivity contribution is 0.419. The van der Waals surface area contributed by atoms with E-state index in [-0.39, 0.29) is 0 Å². The largest absolute Gasteiger partial charge is 0.494 e. The average Bonchev–Trinajstić information content (AvgIpc) is 3.05. The molecule has 0 atom stereocenters. The molecule has 1 saturated carbocycles. The minimum absolute atomic E-state index is 0.310. The maximum absolute atomic E-state index is 6.16. The van der Waals surface area contributed by atoms with E-state index < -0.39 is 0 Å². The van der Waals surface area contributed by atoms with Crippen LogP contribution >= 0.6 is 11.8 Å². The van der Waals surface area contributed by atoms with E-state index in [0.717, 1.165) is 23.3 Å². The lowest BCUT2D eigenvalue weighted by Gasteiger charge is -2.27. The molecule has 5 heteroatoms. The summed E-state index contributed by atoms with van der Waals surface area (Å²) in [7, 11) is 1.67. The Morgan fingerprint density at radius 2 is 2.15 bits per heavy atom. The predicted molar refractivity (Wildman–Crippen MR) is 85.4 cm³/mol. The van der Waals surface area contributed by atoms with Gasteiger partial charge in [-0.25, -0.2) is 4.98 Å². The number of nitrogens with zero attached hydrogens (tertiary/aromatic N) is 2. The molecule has 1 aliphatic rings. The Morgan fingerprint density at radius 3 is 2.80 bits per heavy atom. The minimum Gasteiger partial charge on any atom is -0.494 e. The molecule has 0 radical (unpaired) electrons. The van der Waals surface area contributed by atoms with Gasteiger partial charge in [0.1, 0.15) is 11.3 Å². The van der Waals surface area contributed by atoms with Gasteiger partial charge in [0.25, 0.3) is 0 Å². The Labute approximate surface area is 123 Å². The summed E-state index contributed by atoms with van der Waals surface area (Å²) in [5.74, 6) is 1.38. The number of aromatic nitrogens is 2. The number of nitrogen functional groups attached to an aromatic ring is 1. The van der Waals surface area contributed by atoms with Crippen LogP contribution in [0.3, 0.4) is 0 Å². The van der Waals surface area contributed by atoms with E-state index in [9.17, 15) is 0 Å². The number of hydrogen-bond acceptors (Lipinski definition) is 4. The zero-order chi connectivity index (χ0) is 14.2. The van der Waals surface area contributed by atoms with Gasteiger partial charge in [0, 0.05) is 11.3 Å². The normalized spacial score (nSPS) is 17.7. The van der Waals surface area contributed by atoms with Gasteiger partial charge >= 0.3 is 0 Å². The lowest BCUT2D eigenvalue weighted by Crippen LogP contribution is -2.27. The summed E-state index contributed by atoms with van der Waals surface area (Å²) in [6.07, 6.45) is 7.36. The fraction of sp³-hybridized carbons (Fsp3) is 0.533. The van der Waals surface area contributed by atoms with E-state index in [0.29, 0.717) is 10.7 Å². The monoisotopic (exact) mass is 291 g/mol. The van der Waals surface area contributed by atoms with Crippen molar-refractivity contribution in [3.8, 4) is 5.75 Å². The third kappa shape index (κ3) is 2.14. The first kappa shape index (κ1) is 13.6. The number of rotatable bonds is 4. The van der Waals surface area contributed by atoms with Gasteiger partial charge in [0.05, 0.1) is 12.6 Å². The zero-order valence-corrected chi connectivity index (χ0v) is 12.9. The van der Waals surface area contributed by atoms with Gasteiger partial charge in [-0.3, -0.25) is 0 Å². The molecule has 1 heterocycles. The van der Waals surface area contributed by atoms with Crippen LogP contribution < -0.4 is 10.5 Å². The summed E-state index contributed by atoms with van der Waals surface area (Å²) in [5, 5.41) is 0. The molecule has 1 aliphatic carbocycles.